The number of esters is 1. The van der Waals surface area contributed by atoms with E-state index < -0.39 is 33.1 Å². The van der Waals surface area contributed by atoms with Gasteiger partial charge in [0.15, 0.2) is 17.4 Å². The standard InChI is InChI=1S/C21H21FN6O2.C13H13N5O.C10H8N2O3.C9H7ClN2O.C9H8N2O2.C8H9BrFNO.C4H7N3.CH4O.3CH4.B.Cl2OS.Na.H2.H/c1-13(16-9-18(30-3)19(22)25-10-16)28-20(29)17-8-14(4-5-15(17)11-26-28)12-27-7-6-24-21(27)23-2;1-14-13-15-4-5-18(13)8-9-2-3-10-7-16-17-12(19)11(10)6-9;1-15-10(14)6-2-3-7-5-11-12-9(13)8(7)4-6;10-4-6-1-2-7-5-11-12-9(13)8(7)3-6;12-5-6-1-2-7-4-10-11-9(13)8(7)3-6;1-5(9)6-3-7(12-2)8(10)11-4-6;1-5-4-6-2-3-7-4;1-2;;;;;1-4(2)3;;;/h4-11,13H,12H2,1-3H3,(H,23,24);2-7H,8H2,1H3,(H,14,15)(H,17,19);2-5H,1H3,(H,12,13);1-3,5H,4H2,(H,12,13);1-4,12H,5H2,(H,11,13);3-5H,1-2H3;2-3H,1H3,(H2,5,6,7);2H,1H3;3*1H4;;;;1H;/q;;;;;;;;;;;;;+1;;-1/i;;;;;;;;;;;;;;1+1D;. The average molecular weight is 1810 g/mol. The predicted molar refractivity (Wildman–Crippen MR) is 472 cm³/mol. The number of pyridine rings is 2. The number of imidazole rings is 3. The Hall–Kier alpha value is -11.5. The van der Waals surface area contributed by atoms with Crippen LogP contribution in [0.4, 0.5) is 26.6 Å². The van der Waals surface area contributed by atoms with Gasteiger partial charge in [0, 0.05) is 148 Å². The topological polar surface area (TPSA) is 446 Å². The monoisotopic (exact) mass is 1800 g/mol. The van der Waals surface area contributed by atoms with Crippen LogP contribution in [0.1, 0.15) is 95.1 Å². The molecule has 2 atom stereocenters. The zero-order valence-corrected chi connectivity index (χ0v) is 71.0. The second kappa shape index (κ2) is 53.2. The largest absolute Gasteiger partial charge is 1.00 e. The molecule has 15 aromatic rings. The van der Waals surface area contributed by atoms with E-state index in [1.54, 1.807) is 92.0 Å². The van der Waals surface area contributed by atoms with Crippen LogP contribution in [0.2, 0.25) is 0 Å². The number of nitrogens with one attached hydrogen (secondary N) is 8. The molecule has 33 nitrogen and oxygen atoms in total. The molecular formula is C78H92BBrCl3F2N21NaO12S. The molecule has 15 rings (SSSR count). The Kier molecular flexibility index (Phi) is 45.5. The van der Waals surface area contributed by atoms with Gasteiger partial charge in [0.05, 0.1) is 111 Å². The number of rotatable bonds is 15. The van der Waals surface area contributed by atoms with Crippen molar-refractivity contribution in [1.29, 1.82) is 0 Å². The third-order valence-corrected chi connectivity index (χ3v) is 17.1. The van der Waals surface area contributed by atoms with Gasteiger partial charge in [-0.3, -0.25) is 24.0 Å². The van der Waals surface area contributed by atoms with Crippen LogP contribution in [-0.4, -0.2) is 168 Å². The van der Waals surface area contributed by atoms with Gasteiger partial charge in [0.1, 0.15) is 0 Å². The van der Waals surface area contributed by atoms with E-state index in [-0.39, 0.29) is 112 Å². The average Bonchev–Trinajstić information content (AvgIpc) is 1.55. The molecule has 3 radical (unpaired) electrons. The first-order valence-corrected chi connectivity index (χ1v) is 38.1. The van der Waals surface area contributed by atoms with Gasteiger partial charge in [-0.2, -0.15) is 34.3 Å². The van der Waals surface area contributed by atoms with E-state index in [0.717, 1.165) is 74.3 Å². The summed E-state index contributed by atoms with van der Waals surface area (Å²) in [5.41, 5.74) is 4.41. The van der Waals surface area contributed by atoms with Gasteiger partial charge in [-0.05, 0) is 95.8 Å². The van der Waals surface area contributed by atoms with Crippen LogP contribution >= 0.6 is 48.9 Å². The number of hydrogen-bond donors (Lipinski definition) is 10. The molecule has 0 aliphatic carbocycles. The number of aromatic amines is 5. The van der Waals surface area contributed by atoms with Crippen LogP contribution in [0.25, 0.3) is 53.9 Å². The van der Waals surface area contributed by atoms with Crippen molar-refractivity contribution in [2.75, 3.05) is 65.5 Å². The second-order valence-corrected chi connectivity index (χ2v) is 27.6. The Morgan fingerprint density at radius 3 is 1.36 bits per heavy atom. The molecule has 0 fully saturated rings. The van der Waals surface area contributed by atoms with E-state index >= 15 is 0 Å². The minimum Gasteiger partial charge on any atom is -1.00 e. The van der Waals surface area contributed by atoms with Crippen molar-refractivity contribution in [3.63, 3.8) is 0 Å². The molecule has 2 unspecified atom stereocenters. The number of anilines is 3. The van der Waals surface area contributed by atoms with Gasteiger partial charge >= 0.3 is 35.5 Å². The van der Waals surface area contributed by atoms with Gasteiger partial charge in [-0.25, -0.2) is 59.0 Å². The summed E-state index contributed by atoms with van der Waals surface area (Å²) >= 11 is 9.00. The molecule has 0 saturated carbocycles. The normalized spacial score (nSPS) is 10.5. The molecule has 120 heavy (non-hydrogen) atoms. The minimum atomic E-state index is -1.67. The zero-order chi connectivity index (χ0) is 85.7. The van der Waals surface area contributed by atoms with E-state index in [0.29, 0.717) is 62.4 Å². The van der Waals surface area contributed by atoms with E-state index in [4.69, 9.17) is 38.5 Å². The maximum Gasteiger partial charge on any atom is 1.00 e. The number of aliphatic hydroxyl groups is 2. The quantitative estimate of drug-likeness (QED) is 0.0150. The summed E-state index contributed by atoms with van der Waals surface area (Å²) in [6.07, 6.45) is 21.6. The number of halogens is 6. The number of carbonyl (C=O) groups is 1. The Balaban J connectivity index is 0.00000143. The number of H-pyrrole nitrogens is 5. The van der Waals surface area contributed by atoms with Crippen LogP contribution in [0.15, 0.2) is 208 Å². The summed E-state index contributed by atoms with van der Waals surface area (Å²) in [6.45, 7) is 4.92. The van der Waals surface area contributed by atoms with Crippen molar-refractivity contribution >= 4 is 144 Å². The van der Waals surface area contributed by atoms with Crippen LogP contribution in [-0.2, 0) is 39.5 Å². The van der Waals surface area contributed by atoms with Crippen LogP contribution < -0.4 is 82.8 Å². The Morgan fingerprint density at radius 2 is 0.967 bits per heavy atom. The number of aliphatic hydroxyl groups excluding tert-OH is 2. The molecule has 0 spiro atoms. The van der Waals surface area contributed by atoms with Gasteiger partial charge in [0.25, 0.3) is 39.7 Å². The van der Waals surface area contributed by atoms with E-state index in [2.05, 4.69) is 134 Å². The summed E-state index contributed by atoms with van der Waals surface area (Å²) in [7, 11) is 17.9. The Labute approximate surface area is 740 Å². The van der Waals surface area contributed by atoms with Crippen molar-refractivity contribution in [3.8, 4) is 11.5 Å². The SMILES string of the molecule is C.C.C.CNc1ncc[nH]1.CNc1nccn1Cc1ccc2cn[nH]c(=O)c2c1.CNc1nccn1Cc1ccc2cnn(C(C)c3cnc(F)c(OC)c3)c(=O)c2c1.CO.COC(=O)c1ccc2cn[nH]c(=O)c2c1.COc1cc(C(C)Br)cnc1F.O=S(Cl)Cl.O=c1[nH]ncc2ccc(CCl)cc12.O=c1[nH]ncc2ccc(CO)cc12.[2H][2H].[B].[H-].[Na+]. The van der Waals surface area contributed by atoms with Crippen LogP contribution in [0, 0.1) is 11.9 Å². The van der Waals surface area contributed by atoms with Gasteiger partial charge in [-0.15, -0.1) is 11.6 Å². The van der Waals surface area contributed by atoms with Crippen LogP contribution in [0.5, 0.6) is 11.5 Å². The molecule has 0 aliphatic heterocycles. The molecule has 0 aliphatic rings. The summed E-state index contributed by atoms with van der Waals surface area (Å²) in [6, 6.07) is 29.6. The smallest absolute Gasteiger partial charge is 1.00 e. The van der Waals surface area contributed by atoms with Gasteiger partial charge < -0.3 is 55.9 Å². The molecule has 10 heterocycles. The summed E-state index contributed by atoms with van der Waals surface area (Å²) in [4.78, 5) is 92.6. The number of methoxy groups -OCH3 is 3. The summed E-state index contributed by atoms with van der Waals surface area (Å²) in [5, 5.41) is 60.0. The Bertz CT molecular complexity index is 5980. The van der Waals surface area contributed by atoms with Crippen molar-refractivity contribution in [2.45, 2.75) is 72.6 Å². The molecule has 0 amide bonds. The molecule has 10 N–H and O–H groups in total. The van der Waals surface area contributed by atoms with Crippen LogP contribution in [0.3, 0.4) is 0 Å². The number of benzene rings is 5. The molecule has 633 valence electrons. The molecule has 10 aromatic heterocycles. The van der Waals surface area contributed by atoms with Crippen molar-refractivity contribution in [2.24, 2.45) is 0 Å². The van der Waals surface area contributed by atoms with E-state index in [1.807, 2.05) is 105 Å². The fourth-order valence-electron chi connectivity index (χ4n) is 10.5. The molecule has 0 bridgehead atoms. The van der Waals surface area contributed by atoms with E-state index in [1.165, 1.54) is 56.7 Å². The summed E-state index contributed by atoms with van der Waals surface area (Å²) in [5.74, 6) is 1.23. The maximum atomic E-state index is 13.6. The molecular weight excluding hydrogens is 1710 g/mol. The molecule has 0 saturated heterocycles. The second-order valence-electron chi connectivity index (χ2n) is 23.4. The van der Waals surface area contributed by atoms with Gasteiger partial charge in [0.2, 0.25) is 21.1 Å². The third kappa shape index (κ3) is 29.8. The number of carbonyl (C=O) groups excluding carboxylic acids is 1. The number of hydrogen-bond acceptors (Lipinski definition) is 25. The van der Waals surface area contributed by atoms with Gasteiger partial charge in [-0.1, -0.05) is 92.8 Å². The van der Waals surface area contributed by atoms with Crippen molar-refractivity contribution in [3.05, 3.63) is 286 Å². The van der Waals surface area contributed by atoms with Crippen molar-refractivity contribution < 1.29 is 76.2 Å². The predicted octanol–water partition coefficient (Wildman–Crippen LogP) is 9.51. The number of aromatic nitrogens is 18. The fourth-order valence-corrected chi connectivity index (χ4v) is 10.9. The number of alkyl halides is 2. The zero-order valence-electron chi connectivity index (χ0n) is 67.3. The van der Waals surface area contributed by atoms with Crippen molar-refractivity contribution in [1.82, 2.24) is 89.6 Å². The minimum absolute atomic E-state index is 0. The summed E-state index contributed by atoms with van der Waals surface area (Å²) < 4.78 is 65.2. The first kappa shape index (κ1) is 103. The number of fused-ring (bicyclic) bond motifs is 5. The first-order valence-electron chi connectivity index (χ1n) is 34.8. The third-order valence-electron chi connectivity index (χ3n) is 16.2. The van der Waals surface area contributed by atoms with E-state index in [9.17, 15) is 37.5 Å². The molecule has 42 heteroatoms. The first-order chi connectivity index (χ1) is 56.4. The maximum absolute atomic E-state index is 13.6. The fraction of sp³-hybridized carbons (Fsp3) is 0.231. The molecule has 5 aromatic carbocycles. The Morgan fingerprint density at radius 1 is 0.575 bits per heavy atom. The number of ether oxygens (including phenoxy) is 3. The number of nitrogens with zero attached hydrogens (tertiary/aromatic N) is 13.